The van der Waals surface area contributed by atoms with E-state index in [1.807, 2.05) is 53.3 Å². The molecule has 26 heavy (non-hydrogen) atoms. The van der Waals surface area contributed by atoms with Crippen molar-refractivity contribution >= 4 is 17.2 Å². The van der Waals surface area contributed by atoms with Gasteiger partial charge in [0.2, 0.25) is 0 Å². The molecule has 1 fully saturated rings. The summed E-state index contributed by atoms with van der Waals surface area (Å²) in [5, 5.41) is 1.94. The molecule has 1 aliphatic rings. The maximum Gasteiger partial charge on any atom is 0.263 e. The van der Waals surface area contributed by atoms with Crippen LogP contribution in [0, 0.1) is 6.92 Å². The van der Waals surface area contributed by atoms with Crippen molar-refractivity contribution in [3.05, 3.63) is 52.5 Å². The van der Waals surface area contributed by atoms with E-state index < -0.39 is 0 Å². The van der Waals surface area contributed by atoms with Crippen LogP contribution in [0.3, 0.4) is 0 Å². The largest absolute Gasteiger partial charge is 0.337 e. The van der Waals surface area contributed by atoms with E-state index in [4.69, 9.17) is 4.98 Å². The van der Waals surface area contributed by atoms with E-state index in [1.54, 1.807) is 6.20 Å². The smallest absolute Gasteiger partial charge is 0.263 e. The Morgan fingerprint density at radius 1 is 1.31 bits per heavy atom. The van der Waals surface area contributed by atoms with Gasteiger partial charge in [0.25, 0.3) is 5.91 Å². The van der Waals surface area contributed by atoms with Gasteiger partial charge >= 0.3 is 0 Å². The highest BCUT2D eigenvalue weighted by molar-refractivity contribution is 7.12. The molecule has 3 aromatic heterocycles. The zero-order valence-electron chi connectivity index (χ0n) is 14.9. The molecule has 4 heterocycles. The van der Waals surface area contributed by atoms with Crippen molar-refractivity contribution in [3.63, 3.8) is 0 Å². The van der Waals surface area contributed by atoms with Crippen LogP contribution in [0.5, 0.6) is 0 Å². The van der Waals surface area contributed by atoms with E-state index in [9.17, 15) is 4.79 Å². The predicted octanol–water partition coefficient (Wildman–Crippen LogP) is 3.27. The lowest BCUT2D eigenvalue weighted by Gasteiger charge is -2.32. The summed E-state index contributed by atoms with van der Waals surface area (Å²) >= 11 is 1.50. The predicted molar refractivity (Wildman–Crippen MR) is 101 cm³/mol. The van der Waals surface area contributed by atoms with Crippen molar-refractivity contribution in [1.82, 2.24) is 24.4 Å². The molecule has 6 nitrogen and oxygen atoms in total. The maximum absolute atomic E-state index is 12.7. The van der Waals surface area contributed by atoms with E-state index in [2.05, 4.69) is 9.97 Å². The Kier molecular flexibility index (Phi) is 4.55. The molecule has 1 unspecified atom stereocenters. The van der Waals surface area contributed by atoms with Crippen molar-refractivity contribution in [2.75, 3.05) is 13.1 Å². The summed E-state index contributed by atoms with van der Waals surface area (Å²) in [4.78, 5) is 29.0. The number of carbonyl (C=O) groups is 1. The van der Waals surface area contributed by atoms with Gasteiger partial charge in [0.15, 0.2) is 0 Å². The average molecular weight is 367 g/mol. The van der Waals surface area contributed by atoms with E-state index in [1.165, 1.54) is 11.3 Å². The third-order valence-electron chi connectivity index (χ3n) is 4.99. The quantitative estimate of drug-likeness (QED) is 0.713. The Labute approximate surface area is 156 Å². The number of carbonyl (C=O) groups excluding carboxylic acids is 1. The van der Waals surface area contributed by atoms with Crippen LogP contribution in [0.4, 0.5) is 0 Å². The Morgan fingerprint density at radius 3 is 2.92 bits per heavy atom. The van der Waals surface area contributed by atoms with Crippen LogP contribution in [0.25, 0.3) is 11.4 Å². The topological polar surface area (TPSA) is 63.9 Å². The number of hydrogen-bond acceptors (Lipinski definition) is 5. The molecular weight excluding hydrogens is 346 g/mol. The molecule has 1 atom stereocenters. The molecule has 0 spiro atoms. The molecule has 0 radical (unpaired) electrons. The molecule has 4 rings (SSSR count). The normalized spacial score (nSPS) is 17.5. The molecular formula is C19H21N5OS. The van der Waals surface area contributed by atoms with Gasteiger partial charge in [0.05, 0.1) is 28.7 Å². The molecule has 0 aliphatic carbocycles. The van der Waals surface area contributed by atoms with Crippen LogP contribution in [0.1, 0.15) is 39.9 Å². The molecule has 1 aliphatic heterocycles. The highest BCUT2D eigenvalue weighted by Gasteiger charge is 2.27. The molecule has 0 aromatic carbocycles. The van der Waals surface area contributed by atoms with Crippen molar-refractivity contribution in [2.45, 2.75) is 25.7 Å². The number of thiophene rings is 1. The summed E-state index contributed by atoms with van der Waals surface area (Å²) in [5.41, 5.74) is 2.73. The lowest BCUT2D eigenvalue weighted by Crippen LogP contribution is -2.39. The summed E-state index contributed by atoms with van der Waals surface area (Å²) in [5.74, 6) is 1.28. The number of rotatable bonds is 3. The molecule has 1 amide bonds. The van der Waals surface area contributed by atoms with Gasteiger partial charge in [-0.05, 0) is 31.2 Å². The van der Waals surface area contributed by atoms with Crippen LogP contribution in [-0.2, 0) is 7.05 Å². The van der Waals surface area contributed by atoms with Crippen LogP contribution in [-0.4, -0.2) is 43.4 Å². The number of aromatic nitrogens is 4. The zero-order valence-corrected chi connectivity index (χ0v) is 15.7. The highest BCUT2D eigenvalue weighted by Crippen LogP contribution is 2.28. The summed E-state index contributed by atoms with van der Waals surface area (Å²) in [6, 6.07) is 3.81. The first-order chi connectivity index (χ1) is 12.6. The molecule has 7 heteroatoms. The van der Waals surface area contributed by atoms with E-state index in [0.717, 1.165) is 47.2 Å². The lowest BCUT2D eigenvalue weighted by molar-refractivity contribution is 0.0710. The fourth-order valence-corrected chi connectivity index (χ4v) is 4.09. The Bertz CT molecular complexity index is 918. The minimum absolute atomic E-state index is 0.121. The highest BCUT2D eigenvalue weighted by atomic mass is 32.1. The minimum Gasteiger partial charge on any atom is -0.337 e. The fourth-order valence-electron chi connectivity index (χ4n) is 3.40. The summed E-state index contributed by atoms with van der Waals surface area (Å²) in [6.45, 7) is 3.47. The van der Waals surface area contributed by atoms with Gasteiger partial charge in [-0.2, -0.15) is 0 Å². The van der Waals surface area contributed by atoms with Crippen LogP contribution < -0.4 is 0 Å². The summed E-state index contributed by atoms with van der Waals surface area (Å²) in [6.07, 6.45) is 7.44. The Balaban J connectivity index is 1.56. The van der Waals surface area contributed by atoms with E-state index >= 15 is 0 Å². The molecule has 3 aromatic rings. The van der Waals surface area contributed by atoms with Gasteiger partial charge in [-0.3, -0.25) is 9.78 Å². The zero-order chi connectivity index (χ0) is 18.1. The Morgan fingerprint density at radius 2 is 2.19 bits per heavy atom. The van der Waals surface area contributed by atoms with E-state index in [-0.39, 0.29) is 11.8 Å². The third-order valence-corrected chi connectivity index (χ3v) is 5.85. The van der Waals surface area contributed by atoms with Gasteiger partial charge < -0.3 is 9.47 Å². The second kappa shape index (κ2) is 6.99. The van der Waals surface area contributed by atoms with Gasteiger partial charge in [-0.1, -0.05) is 6.07 Å². The first-order valence-electron chi connectivity index (χ1n) is 8.77. The number of imidazole rings is 1. The number of hydrogen-bond donors (Lipinski definition) is 0. The van der Waals surface area contributed by atoms with Gasteiger partial charge in [-0.15, -0.1) is 11.3 Å². The first-order valence-corrected chi connectivity index (χ1v) is 9.65. The van der Waals surface area contributed by atoms with E-state index in [0.29, 0.717) is 6.54 Å². The van der Waals surface area contributed by atoms with Crippen LogP contribution in [0.15, 0.2) is 36.1 Å². The van der Waals surface area contributed by atoms with Crippen molar-refractivity contribution in [1.29, 1.82) is 0 Å². The fraction of sp³-hybridized carbons (Fsp3) is 0.368. The average Bonchev–Trinajstić information content (AvgIpc) is 3.32. The molecule has 134 valence electrons. The van der Waals surface area contributed by atoms with Crippen LogP contribution >= 0.6 is 11.3 Å². The maximum atomic E-state index is 12.7. The summed E-state index contributed by atoms with van der Waals surface area (Å²) < 4.78 is 2.02. The first kappa shape index (κ1) is 16.9. The standard InChI is InChI=1S/C19H21N5OS/c1-13-21-11-17(23(13)2)16-10-20-9-15(22-16)14-5-3-7-24(12-14)19(25)18-6-4-8-26-18/h4,6,8-11,14H,3,5,7,12H2,1-2H3. The number of likely N-dealkylation sites (tertiary alicyclic amines) is 1. The monoisotopic (exact) mass is 367 g/mol. The molecule has 1 saturated heterocycles. The third kappa shape index (κ3) is 3.14. The number of nitrogens with zero attached hydrogens (tertiary/aromatic N) is 5. The van der Waals surface area contributed by atoms with Crippen LogP contribution in [0.2, 0.25) is 0 Å². The second-order valence-corrected chi connectivity index (χ2v) is 7.59. The molecule has 0 saturated carbocycles. The van der Waals surface area contributed by atoms with Crippen molar-refractivity contribution < 1.29 is 4.79 Å². The number of aryl methyl sites for hydroxylation is 1. The van der Waals surface area contributed by atoms with Gasteiger partial charge in [-0.25, -0.2) is 9.97 Å². The van der Waals surface area contributed by atoms with Gasteiger partial charge in [0.1, 0.15) is 11.5 Å². The summed E-state index contributed by atoms with van der Waals surface area (Å²) in [7, 11) is 1.98. The van der Waals surface area contributed by atoms with Crippen molar-refractivity contribution in [3.8, 4) is 11.4 Å². The lowest BCUT2D eigenvalue weighted by atomic mass is 9.94. The van der Waals surface area contributed by atoms with Crippen molar-refractivity contribution in [2.24, 2.45) is 7.05 Å². The number of amides is 1. The SMILES string of the molecule is Cc1ncc(-c2cncc(C3CCCN(C(=O)c4cccs4)C3)n2)n1C. The molecule has 0 N–H and O–H groups in total. The van der Waals surface area contributed by atoms with Gasteiger partial charge in [0, 0.05) is 32.3 Å². The second-order valence-electron chi connectivity index (χ2n) is 6.65. The Hall–Kier alpha value is -2.54. The minimum atomic E-state index is 0.121. The number of piperidine rings is 1. The molecule has 0 bridgehead atoms.